The number of pyridine rings is 1. The molecule has 0 saturated carbocycles. The molecule has 1 aromatic carbocycles. The monoisotopic (exact) mass is 380 g/mol. The van der Waals surface area contributed by atoms with Gasteiger partial charge in [0.05, 0.1) is 23.8 Å². The minimum Gasteiger partial charge on any atom is -0.262 e. The van der Waals surface area contributed by atoms with Crippen LogP contribution in [0.4, 0.5) is 10.1 Å². The summed E-state index contributed by atoms with van der Waals surface area (Å²) in [6.45, 7) is 0. The first-order chi connectivity index (χ1) is 12.8. The van der Waals surface area contributed by atoms with Crippen LogP contribution in [0.5, 0.6) is 0 Å². The normalized spacial score (nSPS) is 12.1. The summed E-state index contributed by atoms with van der Waals surface area (Å²) >= 11 is 3.09. The quantitative estimate of drug-likeness (QED) is 0.463. The Morgan fingerprint density at radius 2 is 1.96 bits per heavy atom. The fourth-order valence-corrected chi connectivity index (χ4v) is 3.78. The largest absolute Gasteiger partial charge is 0.262 e. The summed E-state index contributed by atoms with van der Waals surface area (Å²) in [6, 6.07) is 12.1. The second-order valence-corrected chi connectivity index (χ2v) is 6.96. The molecule has 0 bridgehead atoms. The maximum Gasteiger partial charge on any atom is 0.211 e. The van der Waals surface area contributed by atoms with Crippen molar-refractivity contribution in [2.24, 2.45) is 10.1 Å². The molecule has 128 valence electrons. The Kier molecular flexibility index (Phi) is 4.81. The van der Waals surface area contributed by atoms with Crippen LogP contribution >= 0.6 is 22.7 Å². The van der Waals surface area contributed by atoms with Crippen molar-refractivity contribution in [3.05, 3.63) is 87.2 Å². The predicted molar refractivity (Wildman–Crippen MR) is 104 cm³/mol. The molecular formula is C19H13FN4S2. The number of hydrogen-bond acceptors (Lipinski definition) is 5. The number of rotatable bonds is 4. The first kappa shape index (κ1) is 16.6. The number of thiophene rings is 1. The van der Waals surface area contributed by atoms with E-state index < -0.39 is 0 Å². The average molecular weight is 380 g/mol. The minimum atomic E-state index is -0.266. The predicted octanol–water partition coefficient (Wildman–Crippen LogP) is 4.93. The molecule has 0 radical (unpaired) electrons. The van der Waals surface area contributed by atoms with E-state index in [4.69, 9.17) is 0 Å². The molecule has 4 rings (SSSR count). The maximum atomic E-state index is 13.3. The number of aromatic nitrogens is 2. The first-order valence-corrected chi connectivity index (χ1v) is 9.60. The van der Waals surface area contributed by atoms with Gasteiger partial charge in [0.1, 0.15) is 5.82 Å². The van der Waals surface area contributed by atoms with Crippen molar-refractivity contribution >= 4 is 34.6 Å². The first-order valence-electron chi connectivity index (χ1n) is 7.77. The van der Waals surface area contributed by atoms with E-state index in [-0.39, 0.29) is 5.82 Å². The highest BCUT2D eigenvalue weighted by Crippen LogP contribution is 2.21. The molecule has 0 fully saturated rings. The van der Waals surface area contributed by atoms with Gasteiger partial charge in [0.2, 0.25) is 4.80 Å². The summed E-state index contributed by atoms with van der Waals surface area (Å²) in [5.74, 6) is -0.266. The number of thiazole rings is 1. The van der Waals surface area contributed by atoms with Crippen molar-refractivity contribution in [3.8, 4) is 11.3 Å². The molecule has 0 unspecified atom stereocenters. The van der Waals surface area contributed by atoms with E-state index >= 15 is 0 Å². The van der Waals surface area contributed by atoms with Gasteiger partial charge in [-0.2, -0.15) is 16.4 Å². The summed E-state index contributed by atoms with van der Waals surface area (Å²) in [5, 5.41) is 10.6. The molecule has 0 aliphatic rings. The molecule has 0 amide bonds. The molecule has 26 heavy (non-hydrogen) atoms. The Bertz CT molecular complexity index is 1080. The van der Waals surface area contributed by atoms with Gasteiger partial charge in [0.15, 0.2) is 0 Å². The van der Waals surface area contributed by atoms with Crippen LogP contribution in [0.1, 0.15) is 5.56 Å². The van der Waals surface area contributed by atoms with Crippen molar-refractivity contribution in [1.29, 1.82) is 0 Å². The third kappa shape index (κ3) is 3.68. The van der Waals surface area contributed by atoms with E-state index in [9.17, 15) is 4.39 Å². The van der Waals surface area contributed by atoms with Crippen LogP contribution in [-0.4, -0.2) is 15.9 Å². The van der Waals surface area contributed by atoms with Crippen molar-refractivity contribution in [1.82, 2.24) is 9.66 Å². The topological polar surface area (TPSA) is 42.5 Å². The zero-order valence-corrected chi connectivity index (χ0v) is 15.1. The Morgan fingerprint density at radius 1 is 1.08 bits per heavy atom. The van der Waals surface area contributed by atoms with Gasteiger partial charge in [0.25, 0.3) is 0 Å². The summed E-state index contributed by atoms with van der Waals surface area (Å²) in [4.78, 5) is 9.45. The molecule has 0 aliphatic carbocycles. The highest BCUT2D eigenvalue weighted by molar-refractivity contribution is 7.08. The van der Waals surface area contributed by atoms with Crippen LogP contribution in [0.3, 0.4) is 0 Å². The molecule has 4 nitrogen and oxygen atoms in total. The van der Waals surface area contributed by atoms with E-state index in [1.165, 1.54) is 23.5 Å². The van der Waals surface area contributed by atoms with Gasteiger partial charge < -0.3 is 0 Å². The smallest absolute Gasteiger partial charge is 0.211 e. The van der Waals surface area contributed by atoms with E-state index in [2.05, 4.69) is 15.1 Å². The molecule has 4 aromatic rings. The van der Waals surface area contributed by atoms with E-state index in [1.807, 2.05) is 34.3 Å². The summed E-state index contributed by atoms with van der Waals surface area (Å²) < 4.78 is 15.0. The van der Waals surface area contributed by atoms with Crippen LogP contribution in [0, 0.1) is 5.82 Å². The van der Waals surface area contributed by atoms with Crippen LogP contribution in [-0.2, 0) is 0 Å². The van der Waals surface area contributed by atoms with Crippen molar-refractivity contribution in [2.75, 3.05) is 0 Å². The Labute approximate surface area is 157 Å². The fraction of sp³-hybridized carbons (Fsp3) is 0. The molecule has 0 N–H and O–H groups in total. The number of halogens is 1. The van der Waals surface area contributed by atoms with Crippen molar-refractivity contribution in [2.45, 2.75) is 0 Å². The Hall–Kier alpha value is -2.90. The SMILES string of the molecule is Fc1ccc(-c2csc(=Nc3cccnc3)n2N=Cc2ccsc2)cc1. The van der Waals surface area contributed by atoms with Crippen LogP contribution in [0.25, 0.3) is 11.3 Å². The zero-order valence-electron chi connectivity index (χ0n) is 13.5. The third-order valence-electron chi connectivity index (χ3n) is 3.56. The molecule has 0 aliphatic heterocycles. The second-order valence-electron chi connectivity index (χ2n) is 5.35. The lowest BCUT2D eigenvalue weighted by Crippen LogP contribution is -2.11. The number of hydrogen-bond donors (Lipinski definition) is 0. The second kappa shape index (κ2) is 7.55. The van der Waals surface area contributed by atoms with Gasteiger partial charge in [-0.3, -0.25) is 4.98 Å². The van der Waals surface area contributed by atoms with Gasteiger partial charge in [-0.15, -0.1) is 11.3 Å². The molecule has 7 heteroatoms. The van der Waals surface area contributed by atoms with Crippen molar-refractivity contribution in [3.63, 3.8) is 0 Å². The number of benzene rings is 1. The van der Waals surface area contributed by atoms with E-state index in [0.29, 0.717) is 4.80 Å². The summed E-state index contributed by atoms with van der Waals surface area (Å²) in [7, 11) is 0. The Morgan fingerprint density at radius 3 is 2.69 bits per heavy atom. The molecule has 3 aromatic heterocycles. The van der Waals surface area contributed by atoms with Crippen LogP contribution < -0.4 is 4.80 Å². The fourth-order valence-electron chi connectivity index (χ4n) is 2.31. The average Bonchev–Trinajstić information content (AvgIpc) is 3.32. The maximum absolute atomic E-state index is 13.3. The van der Waals surface area contributed by atoms with Gasteiger partial charge in [-0.1, -0.05) is 0 Å². The van der Waals surface area contributed by atoms with Gasteiger partial charge in [-0.25, -0.2) is 14.1 Å². The Balaban J connectivity index is 1.84. The van der Waals surface area contributed by atoms with E-state index in [1.54, 1.807) is 46.8 Å². The minimum absolute atomic E-state index is 0.266. The third-order valence-corrected chi connectivity index (χ3v) is 5.08. The van der Waals surface area contributed by atoms with Crippen LogP contribution in [0.2, 0.25) is 0 Å². The summed E-state index contributed by atoms with van der Waals surface area (Å²) in [6.07, 6.45) is 5.20. The standard InChI is InChI=1S/C19H13FN4S2/c20-16-5-3-15(4-6-16)18-13-26-19(23-17-2-1-8-21-11-17)24(18)22-10-14-7-9-25-12-14/h1-13H. The molecular weight excluding hydrogens is 367 g/mol. The number of nitrogens with zero attached hydrogens (tertiary/aromatic N) is 4. The van der Waals surface area contributed by atoms with E-state index in [0.717, 1.165) is 22.5 Å². The highest BCUT2D eigenvalue weighted by Gasteiger charge is 2.08. The van der Waals surface area contributed by atoms with Crippen LogP contribution in [0.15, 0.2) is 81.1 Å². The lowest BCUT2D eigenvalue weighted by Gasteiger charge is -2.03. The lowest BCUT2D eigenvalue weighted by molar-refractivity contribution is 0.628. The van der Waals surface area contributed by atoms with Gasteiger partial charge in [0, 0.05) is 22.7 Å². The lowest BCUT2D eigenvalue weighted by atomic mass is 10.2. The van der Waals surface area contributed by atoms with Gasteiger partial charge in [-0.05, 0) is 53.2 Å². The molecule has 0 atom stereocenters. The molecule has 0 saturated heterocycles. The summed E-state index contributed by atoms with van der Waals surface area (Å²) in [5.41, 5.74) is 3.49. The zero-order chi connectivity index (χ0) is 17.8. The van der Waals surface area contributed by atoms with Crippen molar-refractivity contribution < 1.29 is 4.39 Å². The molecule has 0 spiro atoms. The molecule has 3 heterocycles. The highest BCUT2D eigenvalue weighted by atomic mass is 32.1. The van der Waals surface area contributed by atoms with Gasteiger partial charge >= 0.3 is 0 Å².